The summed E-state index contributed by atoms with van der Waals surface area (Å²) < 4.78 is 1.11. The average molecular weight is 336 g/mol. The van der Waals surface area contributed by atoms with Crippen molar-refractivity contribution in [3.8, 4) is 0 Å². The van der Waals surface area contributed by atoms with Gasteiger partial charge < -0.3 is 5.73 Å². The molecule has 2 aromatic rings. The van der Waals surface area contributed by atoms with E-state index < -0.39 is 0 Å². The Kier molecular flexibility index (Phi) is 5.08. The molecule has 0 radical (unpaired) electrons. The number of halogens is 1. The number of benzene rings is 2. The van der Waals surface area contributed by atoms with Crippen molar-refractivity contribution < 1.29 is 0 Å². The molecule has 2 rings (SSSR count). The molecule has 0 saturated carbocycles. The van der Waals surface area contributed by atoms with E-state index in [2.05, 4.69) is 66.2 Å². The molecule has 100 valence electrons. The maximum absolute atomic E-state index is 5.69. The minimum Gasteiger partial charge on any atom is -0.330 e. The van der Waals surface area contributed by atoms with Crippen molar-refractivity contribution in [1.29, 1.82) is 0 Å². The number of hydrogen-bond acceptors (Lipinski definition) is 2. The third-order valence-electron chi connectivity index (χ3n) is 3.01. The van der Waals surface area contributed by atoms with Crippen LogP contribution in [0.2, 0.25) is 0 Å². The first kappa shape index (κ1) is 14.6. The van der Waals surface area contributed by atoms with Gasteiger partial charge in [0.05, 0.1) is 0 Å². The molecule has 3 heteroatoms. The first-order valence-corrected chi connectivity index (χ1v) is 7.94. The van der Waals surface area contributed by atoms with E-state index in [0.29, 0.717) is 6.54 Å². The van der Waals surface area contributed by atoms with Crippen LogP contribution in [-0.2, 0) is 6.42 Å². The fraction of sp³-hybridized carbons (Fsp3) is 0.250. The maximum atomic E-state index is 5.69. The predicted molar refractivity (Wildman–Crippen MR) is 86.9 cm³/mol. The number of hydrogen-bond donors (Lipinski definition) is 1. The second-order valence-electron chi connectivity index (χ2n) is 4.66. The van der Waals surface area contributed by atoms with E-state index in [1.807, 2.05) is 11.8 Å². The Hall–Kier alpha value is -0.770. The van der Waals surface area contributed by atoms with Gasteiger partial charge in [0, 0.05) is 14.3 Å². The third-order valence-corrected chi connectivity index (χ3v) is 4.76. The van der Waals surface area contributed by atoms with E-state index in [-0.39, 0.29) is 0 Å². The molecule has 0 unspecified atom stereocenters. The lowest BCUT2D eigenvalue weighted by atomic mass is 10.1. The van der Waals surface area contributed by atoms with E-state index in [9.17, 15) is 0 Å². The van der Waals surface area contributed by atoms with E-state index in [1.54, 1.807) is 0 Å². The number of aryl methyl sites for hydroxylation is 2. The van der Waals surface area contributed by atoms with Crippen LogP contribution in [0.1, 0.15) is 16.7 Å². The minimum absolute atomic E-state index is 0.683. The molecule has 2 N–H and O–H groups in total. The summed E-state index contributed by atoms with van der Waals surface area (Å²) in [7, 11) is 0. The van der Waals surface area contributed by atoms with Crippen molar-refractivity contribution in [2.75, 3.05) is 6.54 Å². The summed E-state index contributed by atoms with van der Waals surface area (Å²) in [5.41, 5.74) is 9.62. The molecule has 0 aliphatic carbocycles. The van der Waals surface area contributed by atoms with Gasteiger partial charge in [0.1, 0.15) is 0 Å². The Morgan fingerprint density at radius 3 is 2.58 bits per heavy atom. The summed E-state index contributed by atoms with van der Waals surface area (Å²) in [6.07, 6.45) is 0.917. The SMILES string of the molecule is Cc1ccc(C)c(Sc2cc(Br)ccc2CCN)c1. The monoisotopic (exact) mass is 335 g/mol. The van der Waals surface area contributed by atoms with E-state index >= 15 is 0 Å². The van der Waals surface area contributed by atoms with Gasteiger partial charge in [0.25, 0.3) is 0 Å². The van der Waals surface area contributed by atoms with Gasteiger partial charge in [-0.15, -0.1) is 0 Å². The van der Waals surface area contributed by atoms with Gasteiger partial charge in [0.15, 0.2) is 0 Å². The Morgan fingerprint density at radius 1 is 1.05 bits per heavy atom. The van der Waals surface area contributed by atoms with Crippen molar-refractivity contribution in [1.82, 2.24) is 0 Å². The molecular formula is C16H18BrNS. The quantitative estimate of drug-likeness (QED) is 0.874. The van der Waals surface area contributed by atoms with Gasteiger partial charge in [-0.05, 0) is 61.7 Å². The molecule has 0 atom stereocenters. The van der Waals surface area contributed by atoms with Gasteiger partial charge in [-0.1, -0.05) is 45.9 Å². The topological polar surface area (TPSA) is 26.0 Å². The summed E-state index contributed by atoms with van der Waals surface area (Å²) >= 11 is 5.37. The zero-order chi connectivity index (χ0) is 13.8. The first-order chi connectivity index (χ1) is 9.10. The molecule has 0 aliphatic heterocycles. The lowest BCUT2D eigenvalue weighted by Crippen LogP contribution is -2.03. The molecule has 0 saturated heterocycles. The zero-order valence-corrected chi connectivity index (χ0v) is 13.6. The van der Waals surface area contributed by atoms with Gasteiger partial charge in [0.2, 0.25) is 0 Å². The van der Waals surface area contributed by atoms with Gasteiger partial charge in [-0.2, -0.15) is 0 Å². The van der Waals surface area contributed by atoms with Crippen LogP contribution >= 0.6 is 27.7 Å². The summed E-state index contributed by atoms with van der Waals surface area (Å²) in [5.74, 6) is 0. The van der Waals surface area contributed by atoms with E-state index in [4.69, 9.17) is 5.73 Å². The summed E-state index contributed by atoms with van der Waals surface area (Å²) in [6, 6.07) is 13.0. The fourth-order valence-corrected chi connectivity index (χ4v) is 3.63. The van der Waals surface area contributed by atoms with Crippen LogP contribution < -0.4 is 5.73 Å². The smallest absolute Gasteiger partial charge is 0.0186 e. The highest BCUT2D eigenvalue weighted by atomic mass is 79.9. The Bertz CT molecular complexity index is 581. The summed E-state index contributed by atoms with van der Waals surface area (Å²) in [5, 5.41) is 0. The lowest BCUT2D eigenvalue weighted by molar-refractivity contribution is 0.943. The highest BCUT2D eigenvalue weighted by Crippen LogP contribution is 2.35. The molecule has 0 spiro atoms. The van der Waals surface area contributed by atoms with Gasteiger partial charge in [-0.25, -0.2) is 0 Å². The van der Waals surface area contributed by atoms with Crippen molar-refractivity contribution in [3.63, 3.8) is 0 Å². The molecule has 0 bridgehead atoms. The van der Waals surface area contributed by atoms with Crippen LogP contribution in [0.25, 0.3) is 0 Å². The Labute approximate surface area is 127 Å². The van der Waals surface area contributed by atoms with E-state index in [1.165, 1.54) is 26.5 Å². The Balaban J connectivity index is 2.36. The standard InChI is InChI=1S/C16H18BrNS/c1-11-3-4-12(2)15(9-11)19-16-10-14(17)6-5-13(16)7-8-18/h3-6,9-10H,7-8,18H2,1-2H3. The predicted octanol–water partition coefficient (Wildman–Crippen LogP) is 4.72. The third kappa shape index (κ3) is 3.85. The molecule has 19 heavy (non-hydrogen) atoms. The molecule has 0 amide bonds. The number of nitrogens with two attached hydrogens (primary N) is 1. The van der Waals surface area contributed by atoms with Gasteiger partial charge in [-0.3, -0.25) is 0 Å². The number of rotatable bonds is 4. The largest absolute Gasteiger partial charge is 0.330 e. The zero-order valence-electron chi connectivity index (χ0n) is 11.2. The van der Waals surface area contributed by atoms with Crippen LogP contribution in [0.4, 0.5) is 0 Å². The highest BCUT2D eigenvalue weighted by Gasteiger charge is 2.07. The molecule has 0 aromatic heterocycles. The van der Waals surface area contributed by atoms with Gasteiger partial charge >= 0.3 is 0 Å². The van der Waals surface area contributed by atoms with Crippen molar-refractivity contribution in [3.05, 3.63) is 57.6 Å². The van der Waals surface area contributed by atoms with Crippen molar-refractivity contribution in [2.24, 2.45) is 5.73 Å². The average Bonchev–Trinajstić information content (AvgIpc) is 2.37. The second-order valence-corrected chi connectivity index (χ2v) is 6.66. The summed E-state index contributed by atoms with van der Waals surface area (Å²) in [6.45, 7) is 4.97. The molecule has 0 fully saturated rings. The van der Waals surface area contributed by atoms with Crippen LogP contribution in [0.15, 0.2) is 50.7 Å². The van der Waals surface area contributed by atoms with E-state index in [0.717, 1.165) is 10.9 Å². The van der Waals surface area contributed by atoms with Crippen molar-refractivity contribution in [2.45, 2.75) is 30.1 Å². The molecule has 0 aliphatic rings. The lowest BCUT2D eigenvalue weighted by Gasteiger charge is -2.11. The first-order valence-electron chi connectivity index (χ1n) is 6.34. The Morgan fingerprint density at radius 2 is 1.84 bits per heavy atom. The fourth-order valence-electron chi connectivity index (χ4n) is 1.92. The normalized spacial score (nSPS) is 10.7. The second kappa shape index (κ2) is 6.60. The minimum atomic E-state index is 0.683. The van der Waals surface area contributed by atoms with Crippen LogP contribution in [0.3, 0.4) is 0 Å². The maximum Gasteiger partial charge on any atom is 0.0186 e. The summed E-state index contributed by atoms with van der Waals surface area (Å²) in [4.78, 5) is 2.60. The van der Waals surface area contributed by atoms with Crippen LogP contribution in [0.5, 0.6) is 0 Å². The van der Waals surface area contributed by atoms with Crippen LogP contribution in [0, 0.1) is 13.8 Å². The molecule has 1 nitrogen and oxygen atoms in total. The van der Waals surface area contributed by atoms with Crippen molar-refractivity contribution >= 4 is 27.7 Å². The molecule has 2 aromatic carbocycles. The molecule has 0 heterocycles. The molecular weight excluding hydrogens is 318 g/mol. The van der Waals surface area contributed by atoms with Crippen LogP contribution in [-0.4, -0.2) is 6.54 Å². The highest BCUT2D eigenvalue weighted by molar-refractivity contribution is 9.10.